The second-order valence-corrected chi connectivity index (χ2v) is 4.93. The summed E-state index contributed by atoms with van der Waals surface area (Å²) in [7, 11) is 0. The quantitative estimate of drug-likeness (QED) is 0.666. The van der Waals surface area contributed by atoms with Crippen molar-refractivity contribution in [3.8, 4) is 5.75 Å². The number of hydrogen-bond donors (Lipinski definition) is 0. The zero-order valence-electron chi connectivity index (χ0n) is 9.37. The topological polar surface area (TPSA) is 26.3 Å². The van der Waals surface area contributed by atoms with E-state index in [4.69, 9.17) is 4.74 Å². The molecule has 0 N–H and O–H groups in total. The van der Waals surface area contributed by atoms with Crippen LogP contribution in [0.4, 0.5) is 0 Å². The van der Waals surface area contributed by atoms with Crippen LogP contribution in [0.1, 0.15) is 37.7 Å². The smallest absolute Gasteiger partial charge is 0.133 e. The van der Waals surface area contributed by atoms with E-state index in [1.54, 1.807) is 0 Å². The molecule has 0 saturated heterocycles. The number of carbonyl (C=O) groups excluding carboxylic acids is 1. The number of Topliss-reactive ketones (excluding diaryl/α,β-unsaturated/α-hetero) is 1. The minimum Gasteiger partial charge on any atom is -0.487 e. The molecule has 3 rings (SSSR count). The first-order valence-corrected chi connectivity index (χ1v) is 6.06. The summed E-state index contributed by atoms with van der Waals surface area (Å²) in [5, 5.41) is 0. The van der Waals surface area contributed by atoms with Gasteiger partial charge in [-0.1, -0.05) is 18.2 Å². The molecule has 2 nitrogen and oxygen atoms in total. The van der Waals surface area contributed by atoms with Crippen LogP contribution in [0.2, 0.25) is 0 Å². The average Bonchev–Trinajstić information content (AvgIpc) is 2.33. The van der Waals surface area contributed by atoms with Crippen LogP contribution in [0.25, 0.3) is 0 Å². The first-order valence-electron chi connectivity index (χ1n) is 6.06. The molecular formula is C14H16O2. The van der Waals surface area contributed by atoms with Gasteiger partial charge >= 0.3 is 0 Å². The van der Waals surface area contributed by atoms with Gasteiger partial charge in [-0.2, -0.15) is 0 Å². The summed E-state index contributed by atoms with van der Waals surface area (Å²) in [5.41, 5.74) is 1.27. The van der Waals surface area contributed by atoms with Crippen LogP contribution < -0.4 is 4.74 Å². The lowest BCUT2D eigenvalue weighted by molar-refractivity contribution is -0.124. The van der Waals surface area contributed by atoms with E-state index < -0.39 is 0 Å². The number of carbonyl (C=O) groups is 1. The second-order valence-electron chi connectivity index (χ2n) is 4.93. The highest BCUT2D eigenvalue weighted by atomic mass is 16.5. The van der Waals surface area contributed by atoms with Crippen molar-refractivity contribution in [1.29, 1.82) is 0 Å². The van der Waals surface area contributed by atoms with Crippen LogP contribution in [0, 0.1) is 0 Å². The molecule has 2 aliphatic rings. The Morgan fingerprint density at radius 2 is 1.69 bits per heavy atom. The van der Waals surface area contributed by atoms with Gasteiger partial charge in [0, 0.05) is 12.8 Å². The third-order valence-corrected chi connectivity index (χ3v) is 3.87. The molecule has 84 valence electrons. The molecule has 2 heteroatoms. The van der Waals surface area contributed by atoms with E-state index in [9.17, 15) is 4.79 Å². The normalized spacial score (nSPS) is 22.6. The fourth-order valence-electron chi connectivity index (χ4n) is 2.79. The Kier molecular flexibility index (Phi) is 2.23. The highest BCUT2D eigenvalue weighted by Crippen LogP contribution is 2.40. The molecule has 0 aromatic heterocycles. The zero-order chi connectivity index (χ0) is 11.0. The summed E-state index contributed by atoms with van der Waals surface area (Å²) in [6, 6.07) is 8.26. The van der Waals surface area contributed by atoms with E-state index in [-0.39, 0.29) is 5.60 Å². The number of benzene rings is 1. The van der Waals surface area contributed by atoms with Crippen molar-refractivity contribution in [3.05, 3.63) is 29.8 Å². The van der Waals surface area contributed by atoms with Crippen LogP contribution >= 0.6 is 0 Å². The maximum Gasteiger partial charge on any atom is 0.133 e. The fraction of sp³-hybridized carbons (Fsp3) is 0.500. The van der Waals surface area contributed by atoms with Crippen LogP contribution in [0.15, 0.2) is 24.3 Å². The summed E-state index contributed by atoms with van der Waals surface area (Å²) in [4.78, 5) is 11.3. The minimum absolute atomic E-state index is 0.0394. The molecule has 1 aromatic carbocycles. The zero-order valence-corrected chi connectivity index (χ0v) is 9.37. The number of rotatable bonds is 0. The van der Waals surface area contributed by atoms with Gasteiger partial charge in [0.1, 0.15) is 17.1 Å². The van der Waals surface area contributed by atoms with Gasteiger partial charge < -0.3 is 4.74 Å². The van der Waals surface area contributed by atoms with Crippen LogP contribution in [0.3, 0.4) is 0 Å². The van der Waals surface area contributed by atoms with Crippen molar-refractivity contribution in [2.24, 2.45) is 0 Å². The van der Waals surface area contributed by atoms with Gasteiger partial charge in [0.2, 0.25) is 0 Å². The first-order chi connectivity index (χ1) is 7.77. The lowest BCUT2D eigenvalue weighted by Crippen LogP contribution is -2.43. The summed E-state index contributed by atoms with van der Waals surface area (Å²) in [5.74, 6) is 1.43. The summed E-state index contributed by atoms with van der Waals surface area (Å²) in [6.45, 7) is 0. The molecule has 1 aromatic rings. The molecule has 0 atom stereocenters. The predicted octanol–water partition coefficient (Wildman–Crippen LogP) is 2.89. The van der Waals surface area contributed by atoms with Gasteiger partial charge in [0.25, 0.3) is 0 Å². The van der Waals surface area contributed by atoms with Crippen molar-refractivity contribution in [1.82, 2.24) is 0 Å². The van der Waals surface area contributed by atoms with E-state index in [2.05, 4.69) is 12.1 Å². The van der Waals surface area contributed by atoms with Crippen molar-refractivity contribution in [2.45, 2.75) is 44.1 Å². The van der Waals surface area contributed by atoms with Gasteiger partial charge in [-0.05, 0) is 37.3 Å². The first kappa shape index (κ1) is 9.88. The average molecular weight is 216 g/mol. The van der Waals surface area contributed by atoms with E-state index in [0.717, 1.165) is 31.4 Å². The Bertz CT molecular complexity index is 412. The number of para-hydroxylation sites is 1. The van der Waals surface area contributed by atoms with E-state index in [0.29, 0.717) is 18.6 Å². The lowest BCUT2D eigenvalue weighted by atomic mass is 9.78. The van der Waals surface area contributed by atoms with Gasteiger partial charge in [-0.25, -0.2) is 0 Å². The highest BCUT2D eigenvalue weighted by Gasteiger charge is 2.39. The van der Waals surface area contributed by atoms with E-state index in [1.807, 2.05) is 12.1 Å². The monoisotopic (exact) mass is 216 g/mol. The molecule has 16 heavy (non-hydrogen) atoms. The van der Waals surface area contributed by atoms with E-state index in [1.165, 1.54) is 5.56 Å². The molecule has 1 aliphatic carbocycles. The predicted molar refractivity (Wildman–Crippen MR) is 61.6 cm³/mol. The Balaban J connectivity index is 1.84. The molecule has 0 bridgehead atoms. The Morgan fingerprint density at radius 1 is 1.00 bits per heavy atom. The minimum atomic E-state index is -0.0394. The van der Waals surface area contributed by atoms with Crippen LogP contribution in [-0.4, -0.2) is 11.4 Å². The number of ketones is 1. The van der Waals surface area contributed by atoms with Crippen LogP contribution in [0.5, 0.6) is 5.75 Å². The maximum absolute atomic E-state index is 11.3. The van der Waals surface area contributed by atoms with Gasteiger partial charge in [-0.3, -0.25) is 4.79 Å². The standard InChI is InChI=1S/C14H16O2/c15-12-6-9-14(10-7-12)8-5-11-3-1-2-4-13(11)16-14/h1-4H,5-10H2. The summed E-state index contributed by atoms with van der Waals surface area (Å²) in [6.07, 6.45) is 5.35. The largest absolute Gasteiger partial charge is 0.487 e. The molecular weight excluding hydrogens is 200 g/mol. The van der Waals surface area contributed by atoms with Gasteiger partial charge in [0.15, 0.2) is 0 Å². The van der Waals surface area contributed by atoms with Gasteiger partial charge in [0.05, 0.1) is 0 Å². The highest BCUT2D eigenvalue weighted by molar-refractivity contribution is 5.79. The Hall–Kier alpha value is -1.31. The number of aryl methyl sites for hydroxylation is 1. The lowest BCUT2D eigenvalue weighted by Gasteiger charge is -2.41. The summed E-state index contributed by atoms with van der Waals surface area (Å²) >= 11 is 0. The summed E-state index contributed by atoms with van der Waals surface area (Å²) < 4.78 is 6.16. The number of fused-ring (bicyclic) bond motifs is 1. The van der Waals surface area contributed by atoms with Crippen molar-refractivity contribution in [3.63, 3.8) is 0 Å². The third kappa shape index (κ3) is 1.62. The number of hydrogen-bond acceptors (Lipinski definition) is 2. The molecule has 1 aliphatic heterocycles. The van der Waals surface area contributed by atoms with Crippen LogP contribution in [-0.2, 0) is 11.2 Å². The Morgan fingerprint density at radius 3 is 2.50 bits per heavy atom. The maximum atomic E-state index is 11.3. The van der Waals surface area contributed by atoms with E-state index >= 15 is 0 Å². The molecule has 0 unspecified atom stereocenters. The Labute approximate surface area is 95.6 Å². The number of ether oxygens (including phenoxy) is 1. The fourth-order valence-corrected chi connectivity index (χ4v) is 2.79. The molecule has 0 amide bonds. The second kappa shape index (κ2) is 3.62. The molecule has 1 saturated carbocycles. The van der Waals surface area contributed by atoms with Crippen molar-refractivity contribution < 1.29 is 9.53 Å². The SMILES string of the molecule is O=C1CCC2(CC1)CCc1ccccc1O2. The molecule has 0 radical (unpaired) electrons. The molecule has 1 spiro atoms. The molecule has 1 fully saturated rings. The van der Waals surface area contributed by atoms with Gasteiger partial charge in [-0.15, -0.1) is 0 Å². The third-order valence-electron chi connectivity index (χ3n) is 3.87. The van der Waals surface area contributed by atoms with Crippen molar-refractivity contribution >= 4 is 5.78 Å². The molecule has 1 heterocycles. The van der Waals surface area contributed by atoms with Crippen molar-refractivity contribution in [2.75, 3.05) is 0 Å².